The van der Waals surface area contributed by atoms with E-state index in [4.69, 9.17) is 10.5 Å². The molecule has 0 spiro atoms. The van der Waals surface area contributed by atoms with E-state index < -0.39 is 0 Å². The smallest absolute Gasteiger partial charge is 0.0717 e. The maximum atomic E-state index is 9.54. The van der Waals surface area contributed by atoms with Crippen LogP contribution in [0.1, 0.15) is 50.5 Å². The molecule has 3 aliphatic carbocycles. The van der Waals surface area contributed by atoms with Crippen molar-refractivity contribution in [3.63, 3.8) is 0 Å². The van der Waals surface area contributed by atoms with Crippen LogP contribution in [0.25, 0.3) is 0 Å². The number of hydrogen-bond acceptors (Lipinski definition) is 3. The summed E-state index contributed by atoms with van der Waals surface area (Å²) in [5.74, 6) is 1.90. The van der Waals surface area contributed by atoms with Crippen molar-refractivity contribution in [2.24, 2.45) is 23.5 Å². The SMILES string of the molecule is N[C@]1(CO)CC[C@H](C2C=C3CC[C@@H](COCc4ccccc4)CC3=CC2)C1. The van der Waals surface area contributed by atoms with E-state index in [0.29, 0.717) is 24.4 Å². The summed E-state index contributed by atoms with van der Waals surface area (Å²) in [6.07, 6.45) is 12.8. The van der Waals surface area contributed by atoms with Crippen LogP contribution in [0, 0.1) is 17.8 Å². The highest BCUT2D eigenvalue weighted by Crippen LogP contribution is 2.44. The fourth-order valence-corrected chi connectivity index (χ4v) is 5.17. The molecule has 27 heavy (non-hydrogen) atoms. The Morgan fingerprint density at radius 2 is 2.00 bits per heavy atom. The Hall–Kier alpha value is -1.42. The number of rotatable bonds is 6. The van der Waals surface area contributed by atoms with Crippen molar-refractivity contribution in [3.8, 4) is 0 Å². The number of aliphatic hydroxyl groups is 1. The molecule has 0 amide bonds. The van der Waals surface area contributed by atoms with Gasteiger partial charge in [0, 0.05) is 5.54 Å². The topological polar surface area (TPSA) is 55.5 Å². The summed E-state index contributed by atoms with van der Waals surface area (Å²) >= 11 is 0. The third-order valence-corrected chi connectivity index (χ3v) is 6.86. The fourth-order valence-electron chi connectivity index (χ4n) is 5.17. The zero-order valence-electron chi connectivity index (χ0n) is 16.3. The third-order valence-electron chi connectivity index (χ3n) is 6.86. The first-order valence-corrected chi connectivity index (χ1v) is 10.6. The third kappa shape index (κ3) is 4.53. The van der Waals surface area contributed by atoms with E-state index in [-0.39, 0.29) is 12.1 Å². The van der Waals surface area contributed by atoms with Gasteiger partial charge in [0.1, 0.15) is 0 Å². The quantitative estimate of drug-likeness (QED) is 0.785. The molecule has 1 unspecified atom stereocenters. The van der Waals surface area contributed by atoms with Crippen LogP contribution in [0.5, 0.6) is 0 Å². The standard InChI is InChI=1S/C24H33NO2/c25-24(17-26)11-10-23(14-24)22-9-8-20-12-19(6-7-21(20)13-22)16-27-15-18-4-2-1-3-5-18/h1-5,8,13,19,22-23,26H,6-7,9-12,14-17,25H2/t19-,22?,23+,24-/m1/s1. The van der Waals surface area contributed by atoms with Crippen LogP contribution in [-0.4, -0.2) is 23.9 Å². The minimum absolute atomic E-state index is 0.124. The second kappa shape index (κ2) is 8.30. The first-order valence-electron chi connectivity index (χ1n) is 10.6. The molecule has 3 heteroatoms. The van der Waals surface area contributed by atoms with Gasteiger partial charge in [-0.25, -0.2) is 0 Å². The Labute approximate surface area is 163 Å². The normalized spacial score (nSPS) is 33.3. The molecule has 0 aliphatic heterocycles. The van der Waals surface area contributed by atoms with Gasteiger partial charge in [0.25, 0.3) is 0 Å². The van der Waals surface area contributed by atoms with Gasteiger partial charge in [0.2, 0.25) is 0 Å². The molecule has 146 valence electrons. The number of hydrogen-bond donors (Lipinski definition) is 2. The summed E-state index contributed by atoms with van der Waals surface area (Å²) in [4.78, 5) is 0. The number of ether oxygens (including phenoxy) is 1. The molecule has 0 bridgehead atoms. The molecule has 3 nitrogen and oxygen atoms in total. The molecule has 3 N–H and O–H groups in total. The monoisotopic (exact) mass is 367 g/mol. The second-order valence-corrected chi connectivity index (χ2v) is 8.95. The maximum Gasteiger partial charge on any atom is 0.0717 e. The second-order valence-electron chi connectivity index (χ2n) is 8.95. The molecule has 0 heterocycles. The van der Waals surface area contributed by atoms with E-state index >= 15 is 0 Å². The number of fused-ring (bicyclic) bond motifs is 1. The van der Waals surface area contributed by atoms with Crippen LogP contribution in [0.2, 0.25) is 0 Å². The Balaban J connectivity index is 1.27. The van der Waals surface area contributed by atoms with Crippen molar-refractivity contribution in [1.82, 2.24) is 0 Å². The first kappa shape index (κ1) is 18.9. The molecular weight excluding hydrogens is 334 g/mol. The number of allylic oxidation sites excluding steroid dienone is 4. The lowest BCUT2D eigenvalue weighted by molar-refractivity contribution is 0.0820. The summed E-state index contributed by atoms with van der Waals surface area (Å²) in [6.45, 7) is 1.70. The number of nitrogens with two attached hydrogens (primary N) is 1. The molecule has 2 saturated carbocycles. The van der Waals surface area contributed by atoms with Gasteiger partial charge in [-0.05, 0) is 79.4 Å². The lowest BCUT2D eigenvalue weighted by Crippen LogP contribution is -2.41. The van der Waals surface area contributed by atoms with Gasteiger partial charge in [-0.15, -0.1) is 0 Å². The van der Waals surface area contributed by atoms with Gasteiger partial charge in [0.05, 0.1) is 19.8 Å². The molecule has 1 aromatic rings. The van der Waals surface area contributed by atoms with E-state index in [9.17, 15) is 5.11 Å². The molecule has 4 atom stereocenters. The predicted molar refractivity (Wildman–Crippen MR) is 109 cm³/mol. The Morgan fingerprint density at radius 3 is 2.78 bits per heavy atom. The number of aliphatic hydroxyl groups excluding tert-OH is 1. The van der Waals surface area contributed by atoms with Crippen LogP contribution >= 0.6 is 0 Å². The van der Waals surface area contributed by atoms with E-state index in [1.165, 1.54) is 18.4 Å². The highest BCUT2D eigenvalue weighted by atomic mass is 16.5. The highest BCUT2D eigenvalue weighted by molar-refractivity contribution is 5.37. The van der Waals surface area contributed by atoms with Crippen molar-refractivity contribution in [3.05, 3.63) is 59.2 Å². The molecule has 1 aromatic carbocycles. The molecule has 0 radical (unpaired) electrons. The van der Waals surface area contributed by atoms with Crippen LogP contribution < -0.4 is 5.73 Å². The molecule has 0 aromatic heterocycles. The summed E-state index contributed by atoms with van der Waals surface area (Å²) in [6, 6.07) is 10.4. The molecule has 3 aliphatic rings. The maximum absolute atomic E-state index is 9.54. The van der Waals surface area contributed by atoms with Crippen molar-refractivity contribution in [2.75, 3.05) is 13.2 Å². The molecule has 2 fully saturated rings. The summed E-state index contributed by atoms with van der Waals surface area (Å²) in [5.41, 5.74) is 10.3. The summed E-state index contributed by atoms with van der Waals surface area (Å²) in [7, 11) is 0. The van der Waals surface area contributed by atoms with Crippen LogP contribution in [0.3, 0.4) is 0 Å². The summed E-state index contributed by atoms with van der Waals surface area (Å²) < 4.78 is 5.99. The molecule has 0 saturated heterocycles. The van der Waals surface area contributed by atoms with Crippen molar-refractivity contribution in [1.29, 1.82) is 0 Å². The lowest BCUT2D eigenvalue weighted by Gasteiger charge is -2.32. The Kier molecular flexibility index (Phi) is 5.82. The molecule has 4 rings (SSSR count). The van der Waals surface area contributed by atoms with E-state index in [1.54, 1.807) is 11.1 Å². The van der Waals surface area contributed by atoms with Crippen molar-refractivity contribution >= 4 is 0 Å². The van der Waals surface area contributed by atoms with Crippen molar-refractivity contribution in [2.45, 2.75) is 57.1 Å². The predicted octanol–water partition coefficient (Wildman–Crippen LogP) is 4.37. The van der Waals surface area contributed by atoms with E-state index in [0.717, 1.165) is 38.7 Å². The Bertz CT molecular complexity index is 696. The lowest BCUT2D eigenvalue weighted by atomic mass is 9.74. The minimum Gasteiger partial charge on any atom is -0.394 e. The number of benzene rings is 1. The van der Waals surface area contributed by atoms with Crippen molar-refractivity contribution < 1.29 is 9.84 Å². The van der Waals surface area contributed by atoms with Gasteiger partial charge in [-0.2, -0.15) is 0 Å². The minimum atomic E-state index is -0.332. The van der Waals surface area contributed by atoms with Gasteiger partial charge in [-0.1, -0.05) is 42.5 Å². The zero-order valence-corrected chi connectivity index (χ0v) is 16.3. The molecular formula is C24H33NO2. The van der Waals surface area contributed by atoms with Gasteiger partial charge in [-0.3, -0.25) is 0 Å². The zero-order chi connectivity index (χ0) is 18.7. The Morgan fingerprint density at radius 1 is 1.15 bits per heavy atom. The average molecular weight is 368 g/mol. The highest BCUT2D eigenvalue weighted by Gasteiger charge is 2.39. The summed E-state index contributed by atoms with van der Waals surface area (Å²) in [5, 5.41) is 9.54. The van der Waals surface area contributed by atoms with Crippen LogP contribution in [-0.2, 0) is 11.3 Å². The largest absolute Gasteiger partial charge is 0.394 e. The van der Waals surface area contributed by atoms with Crippen LogP contribution in [0.4, 0.5) is 0 Å². The van der Waals surface area contributed by atoms with Gasteiger partial charge < -0.3 is 15.6 Å². The first-order chi connectivity index (χ1) is 13.1. The van der Waals surface area contributed by atoms with Crippen LogP contribution in [0.15, 0.2) is 53.6 Å². The van der Waals surface area contributed by atoms with E-state index in [2.05, 4.69) is 36.4 Å². The van der Waals surface area contributed by atoms with E-state index in [1.807, 2.05) is 6.07 Å². The average Bonchev–Trinajstić information content (AvgIpc) is 3.11. The van der Waals surface area contributed by atoms with Gasteiger partial charge in [0.15, 0.2) is 0 Å². The van der Waals surface area contributed by atoms with Gasteiger partial charge >= 0.3 is 0 Å². The fraction of sp³-hybridized carbons (Fsp3) is 0.583.